The number of fused-ring (bicyclic) bond motifs is 5. The van der Waals surface area contributed by atoms with Crippen molar-refractivity contribution in [2.45, 2.75) is 108 Å². The molecule has 1 saturated heterocycles. The molecule has 0 radical (unpaired) electrons. The van der Waals surface area contributed by atoms with Crippen molar-refractivity contribution in [3.8, 4) is 0 Å². The van der Waals surface area contributed by atoms with Gasteiger partial charge in [0.05, 0.1) is 35.6 Å². The quantitative estimate of drug-likeness (QED) is 0.139. The summed E-state index contributed by atoms with van der Waals surface area (Å²) in [6.45, 7) is 8.16. The lowest BCUT2D eigenvalue weighted by Crippen LogP contribution is -2.82. The standard InChI is InChI=1S/C48H53NO14/c1-26-32(61-44(56)38(58-7)36(29-17-11-8-12-18-29)49-42(54)30-19-13-9-14-20-30)24-48(57)41(62-43(55)31-21-15-10-16-22-31)39-46(6,33(52)23-34-47(39,25-59-34)63-28(3)51)40(53)37(60-27(2)50)35(26)45(48,4)5/h8-22,32-34,36-39,41,52,57H,23-25H2,1-7H3,(H,49,54). The van der Waals surface area contributed by atoms with Gasteiger partial charge in [0, 0.05) is 44.8 Å². The molecule has 334 valence electrons. The van der Waals surface area contributed by atoms with Crippen LogP contribution in [0.3, 0.4) is 0 Å². The first-order valence-electron chi connectivity index (χ1n) is 20.9. The Morgan fingerprint density at radius 3 is 1.95 bits per heavy atom. The number of Topliss-reactive ketones (excluding diaryl/α,β-unsaturated/α-hetero) is 1. The Morgan fingerprint density at radius 1 is 0.825 bits per heavy atom. The third-order valence-corrected chi connectivity index (χ3v) is 13.7. The van der Waals surface area contributed by atoms with Gasteiger partial charge >= 0.3 is 23.9 Å². The predicted octanol–water partition coefficient (Wildman–Crippen LogP) is 4.39. The number of hydrogen-bond acceptors (Lipinski definition) is 14. The molecule has 1 aliphatic heterocycles. The van der Waals surface area contributed by atoms with Gasteiger partial charge in [0.1, 0.15) is 23.9 Å². The highest BCUT2D eigenvalue weighted by atomic mass is 16.6. The molecule has 0 spiro atoms. The molecule has 3 aliphatic carbocycles. The van der Waals surface area contributed by atoms with Crippen molar-refractivity contribution in [2.75, 3.05) is 13.7 Å². The van der Waals surface area contributed by atoms with Gasteiger partial charge in [0.2, 0.25) is 0 Å². The van der Waals surface area contributed by atoms with Crippen LogP contribution in [-0.2, 0) is 47.6 Å². The van der Waals surface area contributed by atoms with Crippen molar-refractivity contribution in [1.82, 2.24) is 5.32 Å². The van der Waals surface area contributed by atoms with Gasteiger partial charge in [0.15, 0.2) is 23.6 Å². The average Bonchev–Trinajstić information content (AvgIpc) is 3.25. The van der Waals surface area contributed by atoms with Gasteiger partial charge in [-0.25, -0.2) is 9.59 Å². The molecule has 11 atom stereocenters. The Bertz CT molecular complexity index is 2300. The summed E-state index contributed by atoms with van der Waals surface area (Å²) in [5.41, 5.74) is -6.58. The molecular formula is C48H53NO14. The minimum absolute atomic E-state index is 0.0429. The Hall–Kier alpha value is -5.74. The number of carbonyl (C=O) groups is 6. The lowest BCUT2D eigenvalue weighted by molar-refractivity contribution is -0.346. The zero-order valence-corrected chi connectivity index (χ0v) is 36.2. The summed E-state index contributed by atoms with van der Waals surface area (Å²) in [7, 11) is 1.28. The van der Waals surface area contributed by atoms with Crippen LogP contribution in [0.25, 0.3) is 0 Å². The predicted molar refractivity (Wildman–Crippen MR) is 222 cm³/mol. The van der Waals surface area contributed by atoms with Gasteiger partial charge in [-0.3, -0.25) is 19.2 Å². The SMILES string of the molecule is COC(C(=O)OC1CC2(O)C(OC(=O)c3ccccc3)C3C4(OC(C)=O)COC4CC(O)C3(C)C(=O)C(OC(C)=O)C(=C1C)C2(C)C)C(NC(=O)c1ccccc1)c1ccccc1. The fourth-order valence-corrected chi connectivity index (χ4v) is 10.4. The van der Waals surface area contributed by atoms with Gasteiger partial charge in [-0.15, -0.1) is 0 Å². The number of carbonyl (C=O) groups excluding carboxylic acids is 6. The second-order valence-corrected chi connectivity index (χ2v) is 17.6. The van der Waals surface area contributed by atoms with E-state index in [1.807, 2.05) is 0 Å². The number of methoxy groups -OCH3 is 1. The van der Waals surface area contributed by atoms with Crippen LogP contribution in [0.1, 0.15) is 86.7 Å². The molecule has 3 N–H and O–H groups in total. The molecule has 2 saturated carbocycles. The molecule has 7 rings (SSSR count). The fraction of sp³-hybridized carbons (Fsp3) is 0.458. The molecule has 0 aromatic heterocycles. The van der Waals surface area contributed by atoms with E-state index in [2.05, 4.69) is 5.32 Å². The number of ketones is 1. The van der Waals surface area contributed by atoms with Gasteiger partial charge in [-0.2, -0.15) is 0 Å². The molecule has 2 bridgehead atoms. The highest BCUT2D eigenvalue weighted by molar-refractivity contribution is 5.96. The maximum Gasteiger partial charge on any atom is 0.338 e. The maximum atomic E-state index is 15.6. The van der Waals surface area contributed by atoms with E-state index in [-0.39, 0.29) is 29.7 Å². The number of ether oxygens (including phenoxy) is 6. The van der Waals surface area contributed by atoms with Crippen LogP contribution in [0.5, 0.6) is 0 Å². The van der Waals surface area contributed by atoms with E-state index in [1.54, 1.807) is 99.6 Å². The fourth-order valence-electron chi connectivity index (χ4n) is 10.4. The molecular weight excluding hydrogens is 815 g/mol. The van der Waals surface area contributed by atoms with Crippen LogP contribution in [0, 0.1) is 16.7 Å². The van der Waals surface area contributed by atoms with Crippen molar-refractivity contribution >= 4 is 35.6 Å². The van der Waals surface area contributed by atoms with Gasteiger partial charge in [0.25, 0.3) is 5.91 Å². The second-order valence-electron chi connectivity index (χ2n) is 17.6. The first-order chi connectivity index (χ1) is 29.8. The number of nitrogens with one attached hydrogen (secondary N) is 1. The highest BCUT2D eigenvalue weighted by Crippen LogP contribution is 2.64. The van der Waals surface area contributed by atoms with Crippen molar-refractivity contribution in [1.29, 1.82) is 0 Å². The number of esters is 4. The van der Waals surface area contributed by atoms with Crippen molar-refractivity contribution in [3.63, 3.8) is 0 Å². The molecule has 1 amide bonds. The van der Waals surface area contributed by atoms with E-state index in [9.17, 15) is 34.2 Å². The number of amides is 1. The van der Waals surface area contributed by atoms with E-state index >= 15 is 4.79 Å². The van der Waals surface area contributed by atoms with Crippen molar-refractivity contribution < 1.29 is 67.4 Å². The average molecular weight is 868 g/mol. The minimum atomic E-state index is -2.35. The second kappa shape index (κ2) is 17.1. The first kappa shape index (κ1) is 45.3. The summed E-state index contributed by atoms with van der Waals surface area (Å²) in [6, 6.07) is 23.9. The summed E-state index contributed by atoms with van der Waals surface area (Å²) >= 11 is 0. The summed E-state index contributed by atoms with van der Waals surface area (Å²) in [6.07, 6.45) is -9.71. The summed E-state index contributed by atoms with van der Waals surface area (Å²) in [4.78, 5) is 84.2. The van der Waals surface area contributed by atoms with Crippen LogP contribution in [0.15, 0.2) is 102 Å². The van der Waals surface area contributed by atoms with Crippen LogP contribution in [0.4, 0.5) is 0 Å². The third-order valence-electron chi connectivity index (χ3n) is 13.7. The number of rotatable bonds is 11. The molecule has 4 aliphatic rings. The Labute approximate surface area is 365 Å². The Morgan fingerprint density at radius 2 is 1.41 bits per heavy atom. The van der Waals surface area contributed by atoms with E-state index in [0.717, 1.165) is 6.92 Å². The molecule has 3 aromatic carbocycles. The smallest absolute Gasteiger partial charge is 0.338 e. The van der Waals surface area contributed by atoms with Gasteiger partial charge < -0.3 is 44.0 Å². The Balaban J connectivity index is 1.40. The Kier molecular flexibility index (Phi) is 12.3. The normalized spacial score (nSPS) is 31.5. The van der Waals surface area contributed by atoms with E-state index in [1.165, 1.54) is 33.1 Å². The van der Waals surface area contributed by atoms with Crippen molar-refractivity contribution in [3.05, 3.63) is 119 Å². The highest BCUT2D eigenvalue weighted by Gasteiger charge is 2.78. The van der Waals surface area contributed by atoms with Crippen LogP contribution < -0.4 is 5.32 Å². The molecule has 15 nitrogen and oxygen atoms in total. The van der Waals surface area contributed by atoms with E-state index < -0.39 is 113 Å². The van der Waals surface area contributed by atoms with E-state index in [0.29, 0.717) is 11.1 Å². The molecule has 63 heavy (non-hydrogen) atoms. The number of aliphatic hydroxyl groups excluding tert-OH is 1. The number of aliphatic hydroxyl groups is 2. The molecule has 3 aromatic rings. The molecule has 11 unspecified atom stereocenters. The molecule has 3 fully saturated rings. The monoisotopic (exact) mass is 867 g/mol. The third kappa shape index (κ3) is 7.64. The van der Waals surface area contributed by atoms with Crippen LogP contribution in [0.2, 0.25) is 0 Å². The lowest BCUT2D eigenvalue weighted by Gasteiger charge is -2.67. The van der Waals surface area contributed by atoms with Crippen LogP contribution in [-0.4, -0.2) is 107 Å². The van der Waals surface area contributed by atoms with Crippen molar-refractivity contribution in [2.24, 2.45) is 16.7 Å². The van der Waals surface area contributed by atoms with Gasteiger partial charge in [-0.05, 0) is 54.8 Å². The summed E-state index contributed by atoms with van der Waals surface area (Å²) in [5.74, 6) is -6.38. The maximum absolute atomic E-state index is 15.6. The summed E-state index contributed by atoms with van der Waals surface area (Å²) in [5, 5.41) is 28.8. The number of hydrogen-bond donors (Lipinski definition) is 3. The number of benzene rings is 3. The lowest BCUT2D eigenvalue weighted by atomic mass is 9.44. The first-order valence-corrected chi connectivity index (χ1v) is 20.9. The zero-order valence-electron chi connectivity index (χ0n) is 36.2. The zero-order chi connectivity index (χ0) is 45.6. The largest absolute Gasteiger partial charge is 0.456 e. The van der Waals surface area contributed by atoms with E-state index in [4.69, 9.17) is 28.4 Å². The van der Waals surface area contributed by atoms with Gasteiger partial charge in [-0.1, -0.05) is 80.6 Å². The van der Waals surface area contributed by atoms with Crippen LogP contribution >= 0.6 is 0 Å². The molecule has 1 heterocycles. The molecule has 15 heteroatoms. The summed E-state index contributed by atoms with van der Waals surface area (Å²) < 4.78 is 36.4. The topological polar surface area (TPSA) is 210 Å². The minimum Gasteiger partial charge on any atom is -0.456 e.